The molecule has 1 atom stereocenters. The van der Waals surface area contributed by atoms with Crippen molar-refractivity contribution in [2.45, 2.75) is 37.3 Å². The third-order valence-electron chi connectivity index (χ3n) is 6.27. The fraction of sp³-hybridized carbons (Fsp3) is 0.538. The Hall–Kier alpha value is -2.69. The summed E-state index contributed by atoms with van der Waals surface area (Å²) in [6.07, 6.45) is 1.57. The number of ether oxygens (including phenoxy) is 3. The number of esters is 1. The lowest BCUT2D eigenvalue weighted by Gasteiger charge is -2.31. The van der Waals surface area contributed by atoms with Gasteiger partial charge < -0.3 is 24.0 Å². The van der Waals surface area contributed by atoms with E-state index in [0.29, 0.717) is 56.0 Å². The van der Waals surface area contributed by atoms with Crippen molar-refractivity contribution >= 4 is 29.5 Å². The molecule has 2 aromatic rings. The van der Waals surface area contributed by atoms with E-state index >= 15 is 0 Å². The number of piperidine rings is 1. The van der Waals surface area contributed by atoms with Gasteiger partial charge in [-0.1, -0.05) is 23.9 Å². The largest absolute Gasteiger partial charge is 0.466 e. The summed E-state index contributed by atoms with van der Waals surface area (Å²) in [6.45, 7) is 6.66. The fourth-order valence-electron chi connectivity index (χ4n) is 4.39. The molecule has 0 spiro atoms. The first-order valence-corrected chi connectivity index (χ1v) is 13.4. The van der Waals surface area contributed by atoms with Gasteiger partial charge in [-0.15, -0.1) is 0 Å². The molecule has 0 radical (unpaired) electrons. The smallest absolute Gasteiger partial charge is 0.310 e. The lowest BCUT2D eigenvalue weighted by Crippen LogP contribution is -2.42. The van der Waals surface area contributed by atoms with Crippen LogP contribution in [0, 0.1) is 5.92 Å². The number of morpholine rings is 1. The van der Waals surface area contributed by atoms with Crippen molar-refractivity contribution in [2.24, 2.45) is 5.92 Å². The Balaban J connectivity index is 1.37. The Labute approximate surface area is 216 Å². The number of amides is 1. The number of thioether (sulfide) groups is 1. The number of nitrogens with zero attached hydrogens (tertiary/aromatic N) is 4. The standard InChI is InChI=1S/C26H34N4O5S/c1-3-35-25(32)21-5-4-10-30(16-21)24(31)20-8-6-19(7-9-20)18-36-26-27-22(17-33-2)15-23(28-26)29-11-13-34-14-12-29/h6-9,15,21H,3-5,10-14,16-18H2,1-2H3. The van der Waals surface area contributed by atoms with E-state index in [2.05, 4.69) is 9.88 Å². The molecule has 1 amide bonds. The van der Waals surface area contributed by atoms with Crippen molar-refractivity contribution in [1.29, 1.82) is 0 Å². The van der Waals surface area contributed by atoms with Crippen LogP contribution in [0.15, 0.2) is 35.5 Å². The SMILES string of the molecule is CCOC(=O)C1CCCN(C(=O)c2ccc(CSc3nc(COC)cc(N4CCOCC4)n3)cc2)C1. The van der Waals surface area contributed by atoms with Crippen LogP contribution in [0.25, 0.3) is 0 Å². The molecule has 2 aliphatic heterocycles. The molecule has 4 rings (SSSR count). The lowest BCUT2D eigenvalue weighted by molar-refractivity contribution is -0.149. The van der Waals surface area contributed by atoms with Crippen molar-refractivity contribution in [3.05, 3.63) is 47.2 Å². The number of carbonyl (C=O) groups excluding carboxylic acids is 2. The number of aromatic nitrogens is 2. The fourth-order valence-corrected chi connectivity index (χ4v) is 5.22. The van der Waals surface area contributed by atoms with Crippen LogP contribution in [-0.2, 0) is 31.4 Å². The first-order valence-electron chi connectivity index (χ1n) is 12.4. The van der Waals surface area contributed by atoms with Gasteiger partial charge in [-0.25, -0.2) is 9.97 Å². The van der Waals surface area contributed by atoms with Crippen molar-refractivity contribution in [2.75, 3.05) is 58.0 Å². The van der Waals surface area contributed by atoms with Gasteiger partial charge in [0.05, 0.1) is 38.0 Å². The molecule has 36 heavy (non-hydrogen) atoms. The molecule has 194 valence electrons. The van der Waals surface area contributed by atoms with Crippen molar-refractivity contribution in [3.63, 3.8) is 0 Å². The second-order valence-electron chi connectivity index (χ2n) is 8.86. The number of methoxy groups -OCH3 is 1. The zero-order valence-electron chi connectivity index (χ0n) is 21.0. The maximum atomic E-state index is 13.0. The molecule has 2 saturated heterocycles. The van der Waals surface area contributed by atoms with Crippen LogP contribution in [0.4, 0.5) is 5.82 Å². The molecular formula is C26H34N4O5S. The molecule has 0 aliphatic carbocycles. The maximum absolute atomic E-state index is 13.0. The van der Waals surface area contributed by atoms with Crippen LogP contribution >= 0.6 is 11.8 Å². The lowest BCUT2D eigenvalue weighted by atomic mass is 9.97. The van der Waals surface area contributed by atoms with E-state index < -0.39 is 0 Å². The van der Waals surface area contributed by atoms with Gasteiger partial charge in [-0.05, 0) is 37.5 Å². The summed E-state index contributed by atoms with van der Waals surface area (Å²) in [6, 6.07) is 9.62. The summed E-state index contributed by atoms with van der Waals surface area (Å²) in [7, 11) is 1.66. The van der Waals surface area contributed by atoms with Crippen LogP contribution in [-0.4, -0.2) is 79.9 Å². The number of rotatable bonds is 9. The number of hydrogen-bond acceptors (Lipinski definition) is 9. The van der Waals surface area contributed by atoms with E-state index in [1.807, 2.05) is 30.3 Å². The number of likely N-dealkylation sites (tertiary alicyclic amines) is 1. The average Bonchev–Trinajstić information content (AvgIpc) is 2.92. The molecule has 0 N–H and O–H groups in total. The molecule has 2 aliphatic rings. The van der Waals surface area contributed by atoms with Gasteiger partial charge >= 0.3 is 5.97 Å². The third-order valence-corrected chi connectivity index (χ3v) is 7.19. The van der Waals surface area contributed by atoms with Crippen molar-refractivity contribution < 1.29 is 23.8 Å². The van der Waals surface area contributed by atoms with Crippen LogP contribution in [0.3, 0.4) is 0 Å². The van der Waals surface area contributed by atoms with Gasteiger partial charge in [-0.3, -0.25) is 9.59 Å². The number of hydrogen-bond donors (Lipinski definition) is 0. The van der Waals surface area contributed by atoms with Crippen molar-refractivity contribution in [3.8, 4) is 0 Å². The summed E-state index contributed by atoms with van der Waals surface area (Å²) in [4.78, 5) is 38.5. The highest BCUT2D eigenvalue weighted by atomic mass is 32.2. The summed E-state index contributed by atoms with van der Waals surface area (Å²) in [5.41, 5.74) is 2.55. The van der Waals surface area contributed by atoms with Crippen LogP contribution in [0.2, 0.25) is 0 Å². The molecule has 10 heteroatoms. The van der Waals surface area contributed by atoms with E-state index in [-0.39, 0.29) is 17.8 Å². The normalized spacial score (nSPS) is 18.2. The number of benzene rings is 1. The van der Waals surface area contributed by atoms with Gasteiger partial charge in [0.1, 0.15) is 5.82 Å². The first-order chi connectivity index (χ1) is 17.6. The highest BCUT2D eigenvalue weighted by Gasteiger charge is 2.29. The van der Waals surface area contributed by atoms with Crippen LogP contribution in [0.1, 0.15) is 41.4 Å². The average molecular weight is 515 g/mol. The van der Waals surface area contributed by atoms with Crippen LogP contribution in [0.5, 0.6) is 0 Å². The minimum Gasteiger partial charge on any atom is -0.466 e. The number of carbonyl (C=O) groups is 2. The minimum atomic E-state index is -0.241. The zero-order valence-corrected chi connectivity index (χ0v) is 21.8. The molecule has 1 aromatic heterocycles. The predicted molar refractivity (Wildman–Crippen MR) is 137 cm³/mol. The summed E-state index contributed by atoms with van der Waals surface area (Å²) in [5, 5.41) is 0.699. The van der Waals surface area contributed by atoms with E-state index in [4.69, 9.17) is 19.2 Å². The highest BCUT2D eigenvalue weighted by Crippen LogP contribution is 2.25. The van der Waals surface area contributed by atoms with E-state index in [9.17, 15) is 9.59 Å². The quantitative estimate of drug-likeness (QED) is 0.284. The minimum absolute atomic E-state index is 0.0473. The third kappa shape index (κ3) is 6.96. The van der Waals surface area contributed by atoms with E-state index in [1.54, 1.807) is 30.7 Å². The second kappa shape index (κ2) is 13.0. The summed E-state index contributed by atoms with van der Waals surface area (Å²) >= 11 is 1.56. The van der Waals surface area contributed by atoms with E-state index in [1.165, 1.54) is 0 Å². The molecule has 0 bridgehead atoms. The Kier molecular flexibility index (Phi) is 9.54. The topological polar surface area (TPSA) is 94.1 Å². The first kappa shape index (κ1) is 26.4. The highest BCUT2D eigenvalue weighted by molar-refractivity contribution is 7.98. The monoisotopic (exact) mass is 514 g/mol. The molecule has 0 saturated carbocycles. The molecule has 3 heterocycles. The van der Waals surface area contributed by atoms with Gasteiger partial charge in [0.15, 0.2) is 5.16 Å². The van der Waals surface area contributed by atoms with Gasteiger partial charge in [0.25, 0.3) is 5.91 Å². The molecular weight excluding hydrogens is 480 g/mol. The Morgan fingerprint density at radius 1 is 1.14 bits per heavy atom. The Morgan fingerprint density at radius 3 is 2.64 bits per heavy atom. The second-order valence-corrected chi connectivity index (χ2v) is 9.80. The van der Waals surface area contributed by atoms with Gasteiger partial charge in [0.2, 0.25) is 0 Å². The van der Waals surface area contributed by atoms with Gasteiger partial charge in [0, 0.05) is 50.7 Å². The Morgan fingerprint density at radius 2 is 1.92 bits per heavy atom. The summed E-state index contributed by atoms with van der Waals surface area (Å²) < 4.78 is 15.9. The van der Waals surface area contributed by atoms with Crippen molar-refractivity contribution in [1.82, 2.24) is 14.9 Å². The Bertz CT molecular complexity index is 1030. The molecule has 1 unspecified atom stereocenters. The number of anilines is 1. The molecule has 1 aromatic carbocycles. The summed E-state index contributed by atoms with van der Waals surface area (Å²) in [5.74, 6) is 1.08. The van der Waals surface area contributed by atoms with E-state index in [0.717, 1.165) is 43.0 Å². The predicted octanol–water partition coefficient (Wildman–Crippen LogP) is 3.17. The maximum Gasteiger partial charge on any atom is 0.310 e. The van der Waals surface area contributed by atoms with Crippen LogP contribution < -0.4 is 4.90 Å². The van der Waals surface area contributed by atoms with Gasteiger partial charge in [-0.2, -0.15) is 0 Å². The molecule has 9 nitrogen and oxygen atoms in total. The zero-order chi connectivity index (χ0) is 25.3. The molecule has 2 fully saturated rings.